The fourth-order valence-electron chi connectivity index (χ4n) is 3.47. The van der Waals surface area contributed by atoms with Crippen LogP contribution in [-0.2, 0) is 6.18 Å². The number of carbonyl (C=O) groups is 1. The summed E-state index contributed by atoms with van der Waals surface area (Å²) >= 11 is 0. The highest BCUT2D eigenvalue weighted by Gasteiger charge is 2.31. The maximum absolute atomic E-state index is 12.8. The van der Waals surface area contributed by atoms with Gasteiger partial charge in [-0.3, -0.25) is 4.79 Å². The fraction of sp³-hybridized carbons (Fsp3) is 0.143. The van der Waals surface area contributed by atoms with Crippen molar-refractivity contribution >= 4 is 16.8 Å². The maximum Gasteiger partial charge on any atom is 0.417 e. The van der Waals surface area contributed by atoms with E-state index in [0.29, 0.717) is 5.82 Å². The first-order valence-corrected chi connectivity index (χ1v) is 9.29. The van der Waals surface area contributed by atoms with Crippen LogP contribution in [0.25, 0.3) is 16.7 Å². The summed E-state index contributed by atoms with van der Waals surface area (Å²) in [5, 5.41) is 3.64. The Balaban J connectivity index is 1.47. The Hall–Kier alpha value is -3.95. The van der Waals surface area contributed by atoms with Gasteiger partial charge < -0.3 is 14.6 Å². The molecule has 10 heteroatoms. The van der Waals surface area contributed by atoms with Crippen molar-refractivity contribution in [1.82, 2.24) is 24.8 Å². The molecule has 1 unspecified atom stereocenters. The van der Waals surface area contributed by atoms with E-state index in [9.17, 15) is 18.0 Å². The van der Waals surface area contributed by atoms with Crippen LogP contribution in [0.1, 0.15) is 27.6 Å². The standard InChI is InChI=1S/C21H14F3N5O2/c22-21(23,24)14-2-4-18(26-8-14)29-6-5-12-7-13(1-3-16(12)29)17-10-27-19(30)15-9-25-11-28-20(15)31-17/h1-9,11,17H,10H2,(H,27,30). The zero-order valence-corrected chi connectivity index (χ0v) is 15.8. The molecule has 1 atom stereocenters. The summed E-state index contributed by atoms with van der Waals surface area (Å²) in [5.74, 6) is 0.277. The fourth-order valence-corrected chi connectivity index (χ4v) is 3.47. The van der Waals surface area contributed by atoms with Gasteiger partial charge in [0.2, 0.25) is 5.88 Å². The smallest absolute Gasteiger partial charge is 0.417 e. The highest BCUT2D eigenvalue weighted by atomic mass is 19.4. The number of nitrogens with zero attached hydrogens (tertiary/aromatic N) is 4. The first-order chi connectivity index (χ1) is 14.9. The summed E-state index contributed by atoms with van der Waals surface area (Å²) in [5.41, 5.74) is 1.06. The third kappa shape index (κ3) is 3.45. The van der Waals surface area contributed by atoms with Crippen molar-refractivity contribution in [2.75, 3.05) is 6.54 Å². The van der Waals surface area contributed by atoms with Crippen molar-refractivity contribution in [2.24, 2.45) is 0 Å². The lowest BCUT2D eigenvalue weighted by atomic mass is 10.1. The van der Waals surface area contributed by atoms with E-state index in [4.69, 9.17) is 4.74 Å². The molecule has 1 aliphatic rings. The second-order valence-corrected chi connectivity index (χ2v) is 6.96. The van der Waals surface area contributed by atoms with Crippen LogP contribution in [0.5, 0.6) is 5.88 Å². The monoisotopic (exact) mass is 425 g/mol. The minimum Gasteiger partial charge on any atom is -0.467 e. The van der Waals surface area contributed by atoms with Gasteiger partial charge in [0.1, 0.15) is 23.8 Å². The lowest BCUT2D eigenvalue weighted by Crippen LogP contribution is -2.27. The van der Waals surface area contributed by atoms with Crippen molar-refractivity contribution in [3.8, 4) is 11.7 Å². The SMILES string of the molecule is O=C1NCC(c2ccc3c(ccn3-c3ccc(C(F)(F)F)cn3)c2)Oc2ncncc21. The molecule has 5 rings (SSSR count). The number of ether oxygens (including phenoxy) is 1. The number of hydrogen-bond acceptors (Lipinski definition) is 5. The van der Waals surface area contributed by atoms with Crippen LogP contribution in [-0.4, -0.2) is 32.0 Å². The van der Waals surface area contributed by atoms with E-state index in [1.807, 2.05) is 24.3 Å². The van der Waals surface area contributed by atoms with Crippen molar-refractivity contribution in [2.45, 2.75) is 12.3 Å². The topological polar surface area (TPSA) is 81.9 Å². The Morgan fingerprint density at radius 2 is 1.97 bits per heavy atom. The number of nitrogens with one attached hydrogen (secondary N) is 1. The van der Waals surface area contributed by atoms with Crippen LogP contribution in [0, 0.1) is 0 Å². The third-order valence-corrected chi connectivity index (χ3v) is 5.03. The van der Waals surface area contributed by atoms with Gasteiger partial charge in [0.15, 0.2) is 0 Å². The zero-order chi connectivity index (χ0) is 21.6. The van der Waals surface area contributed by atoms with Crippen LogP contribution in [0.3, 0.4) is 0 Å². The van der Waals surface area contributed by atoms with Gasteiger partial charge in [-0.2, -0.15) is 13.2 Å². The summed E-state index contributed by atoms with van der Waals surface area (Å²) in [6.07, 6.45) is 0.378. The second-order valence-electron chi connectivity index (χ2n) is 6.96. The van der Waals surface area contributed by atoms with E-state index in [2.05, 4.69) is 20.3 Å². The number of carbonyl (C=O) groups excluding carboxylic acids is 1. The number of pyridine rings is 1. The van der Waals surface area contributed by atoms with Gasteiger partial charge in [0.25, 0.3) is 5.91 Å². The average molecular weight is 425 g/mol. The molecule has 4 aromatic rings. The van der Waals surface area contributed by atoms with Crippen LogP contribution in [0.4, 0.5) is 13.2 Å². The van der Waals surface area contributed by atoms with Crippen molar-refractivity contribution < 1.29 is 22.7 Å². The zero-order valence-electron chi connectivity index (χ0n) is 15.8. The summed E-state index contributed by atoms with van der Waals surface area (Å²) in [6, 6.07) is 9.75. The summed E-state index contributed by atoms with van der Waals surface area (Å²) in [6.45, 7) is 0.252. The predicted molar refractivity (Wildman–Crippen MR) is 104 cm³/mol. The van der Waals surface area contributed by atoms with E-state index in [0.717, 1.165) is 28.7 Å². The minimum atomic E-state index is -4.43. The van der Waals surface area contributed by atoms with E-state index < -0.39 is 17.8 Å². The number of amides is 1. The molecule has 0 saturated carbocycles. The van der Waals surface area contributed by atoms with Crippen LogP contribution < -0.4 is 10.1 Å². The first-order valence-electron chi connectivity index (χ1n) is 9.29. The first kappa shape index (κ1) is 19.0. The van der Waals surface area contributed by atoms with Crippen LogP contribution >= 0.6 is 0 Å². The van der Waals surface area contributed by atoms with Gasteiger partial charge in [-0.15, -0.1) is 0 Å². The number of benzene rings is 1. The van der Waals surface area contributed by atoms with Crippen LogP contribution in [0.2, 0.25) is 0 Å². The van der Waals surface area contributed by atoms with E-state index in [1.54, 1.807) is 10.8 Å². The summed E-state index contributed by atoms with van der Waals surface area (Å²) in [7, 11) is 0. The van der Waals surface area contributed by atoms with E-state index >= 15 is 0 Å². The predicted octanol–water partition coefficient (Wildman–Crippen LogP) is 3.70. The number of halogens is 3. The molecule has 1 amide bonds. The van der Waals surface area contributed by atoms with Crippen molar-refractivity contribution in [3.63, 3.8) is 0 Å². The molecule has 0 bridgehead atoms. The van der Waals surface area contributed by atoms with Gasteiger partial charge in [-0.25, -0.2) is 15.0 Å². The van der Waals surface area contributed by atoms with Gasteiger partial charge in [-0.05, 0) is 35.9 Å². The number of rotatable bonds is 2. The normalized spacial score (nSPS) is 16.4. The summed E-state index contributed by atoms with van der Waals surface area (Å²) < 4.78 is 46.0. The molecule has 1 aromatic carbocycles. The Morgan fingerprint density at radius 1 is 1.10 bits per heavy atom. The molecule has 0 saturated heterocycles. The highest BCUT2D eigenvalue weighted by molar-refractivity contribution is 5.96. The molecule has 0 spiro atoms. The summed E-state index contributed by atoms with van der Waals surface area (Å²) in [4.78, 5) is 24.0. The largest absolute Gasteiger partial charge is 0.467 e. The molecule has 0 aliphatic carbocycles. The maximum atomic E-state index is 12.8. The van der Waals surface area contributed by atoms with E-state index in [-0.39, 0.29) is 23.9 Å². The van der Waals surface area contributed by atoms with Gasteiger partial charge in [0, 0.05) is 24.0 Å². The second kappa shape index (κ2) is 7.08. The molecule has 7 nitrogen and oxygen atoms in total. The lowest BCUT2D eigenvalue weighted by Gasteiger charge is -2.16. The third-order valence-electron chi connectivity index (χ3n) is 5.03. The van der Waals surface area contributed by atoms with Crippen molar-refractivity contribution in [1.29, 1.82) is 0 Å². The van der Waals surface area contributed by atoms with Crippen molar-refractivity contribution in [3.05, 3.63) is 78.0 Å². The van der Waals surface area contributed by atoms with Gasteiger partial charge >= 0.3 is 6.18 Å². The molecule has 31 heavy (non-hydrogen) atoms. The molecule has 3 aromatic heterocycles. The van der Waals surface area contributed by atoms with E-state index in [1.165, 1.54) is 18.6 Å². The Bertz CT molecular complexity index is 1280. The number of hydrogen-bond donors (Lipinski definition) is 1. The van der Waals surface area contributed by atoms with Gasteiger partial charge in [0.05, 0.1) is 17.6 Å². The lowest BCUT2D eigenvalue weighted by molar-refractivity contribution is -0.137. The number of fused-ring (bicyclic) bond motifs is 2. The molecule has 0 radical (unpaired) electrons. The van der Waals surface area contributed by atoms with Gasteiger partial charge in [-0.1, -0.05) is 6.07 Å². The van der Waals surface area contributed by atoms with Crippen LogP contribution in [0.15, 0.2) is 61.3 Å². The molecular weight excluding hydrogens is 411 g/mol. The molecule has 0 fully saturated rings. The Morgan fingerprint density at radius 3 is 2.74 bits per heavy atom. The molecular formula is C21H14F3N5O2. The Kier molecular flexibility index (Phi) is 4.35. The highest BCUT2D eigenvalue weighted by Crippen LogP contribution is 2.31. The number of aromatic nitrogens is 4. The average Bonchev–Trinajstić information content (AvgIpc) is 3.11. The molecule has 156 valence electrons. The minimum absolute atomic E-state index is 0.210. The Labute approximate surface area is 173 Å². The number of alkyl halides is 3. The molecule has 4 heterocycles. The molecule has 1 N–H and O–H groups in total. The quantitative estimate of drug-likeness (QED) is 0.530. The molecule has 1 aliphatic heterocycles.